The van der Waals surface area contributed by atoms with E-state index in [1.165, 1.54) is 11.1 Å². The van der Waals surface area contributed by atoms with Crippen molar-refractivity contribution in [2.45, 2.75) is 26.3 Å². The summed E-state index contributed by atoms with van der Waals surface area (Å²) < 4.78 is 11.1. The highest BCUT2D eigenvalue weighted by Crippen LogP contribution is 2.20. The van der Waals surface area contributed by atoms with Crippen molar-refractivity contribution in [3.05, 3.63) is 83.1 Å². The van der Waals surface area contributed by atoms with Crippen LogP contribution in [0.1, 0.15) is 33.0 Å². The summed E-state index contributed by atoms with van der Waals surface area (Å²) in [6.45, 7) is 5.99. The summed E-state index contributed by atoms with van der Waals surface area (Å²) in [4.78, 5) is 19.1. The van der Waals surface area contributed by atoms with Crippen LogP contribution in [0.5, 0.6) is 0 Å². The second-order valence-electron chi connectivity index (χ2n) is 7.59. The molecule has 2 aromatic heterocycles. The van der Waals surface area contributed by atoms with E-state index in [0.717, 1.165) is 62.7 Å². The van der Waals surface area contributed by atoms with E-state index in [1.807, 2.05) is 55.7 Å². The van der Waals surface area contributed by atoms with Crippen LogP contribution in [0.3, 0.4) is 0 Å². The smallest absolute Gasteiger partial charge is 0.291 e. The fourth-order valence-corrected chi connectivity index (χ4v) is 3.62. The van der Waals surface area contributed by atoms with Crippen LogP contribution >= 0.6 is 0 Å². The van der Waals surface area contributed by atoms with E-state index in [9.17, 15) is 4.79 Å². The molecule has 0 radical (unpaired) electrons. The lowest BCUT2D eigenvalue weighted by atomic mass is 10.0. The van der Waals surface area contributed by atoms with E-state index in [1.54, 1.807) is 0 Å². The van der Waals surface area contributed by atoms with Crippen molar-refractivity contribution in [2.75, 3.05) is 31.6 Å². The topological polar surface area (TPSA) is 67.6 Å². The third-order valence-corrected chi connectivity index (χ3v) is 5.38. The van der Waals surface area contributed by atoms with Crippen LogP contribution in [0.15, 0.2) is 59.3 Å². The summed E-state index contributed by atoms with van der Waals surface area (Å²) in [6, 6.07) is 13.9. The fraction of sp³-hybridized carbons (Fsp3) is 0.333. The lowest BCUT2D eigenvalue weighted by molar-refractivity contribution is 0.0340. The van der Waals surface area contributed by atoms with Crippen molar-refractivity contribution < 1.29 is 13.9 Å². The molecule has 1 saturated heterocycles. The normalized spacial score (nSPS) is 14.6. The summed E-state index contributed by atoms with van der Waals surface area (Å²) >= 11 is 0. The monoisotopic (exact) mass is 405 g/mol. The number of aryl methyl sites for hydroxylation is 3. The van der Waals surface area contributed by atoms with Gasteiger partial charge in [0.25, 0.3) is 5.91 Å². The molecule has 4 rings (SSSR count). The Bertz CT molecular complexity index is 978. The molecule has 0 aliphatic carbocycles. The van der Waals surface area contributed by atoms with Crippen molar-refractivity contribution >= 4 is 11.6 Å². The van der Waals surface area contributed by atoms with Gasteiger partial charge in [-0.3, -0.25) is 14.7 Å². The number of benzene rings is 1. The molecule has 3 heterocycles. The maximum Gasteiger partial charge on any atom is 0.291 e. The quantitative estimate of drug-likeness (QED) is 0.647. The molecule has 0 saturated carbocycles. The zero-order valence-corrected chi connectivity index (χ0v) is 17.3. The first-order chi connectivity index (χ1) is 14.7. The highest BCUT2D eigenvalue weighted by Gasteiger charge is 2.18. The second-order valence-corrected chi connectivity index (χ2v) is 7.59. The van der Waals surface area contributed by atoms with Gasteiger partial charge in [-0.15, -0.1) is 0 Å². The SMILES string of the molecule is Cc1oc(C(=O)Nc2cccc(CCc3ccncc3)c2)cc1CN1CCOCC1. The molecule has 1 amide bonds. The van der Waals surface area contributed by atoms with Crippen LogP contribution in [0.4, 0.5) is 5.69 Å². The van der Waals surface area contributed by atoms with E-state index in [0.29, 0.717) is 5.76 Å². The number of morpholine rings is 1. The van der Waals surface area contributed by atoms with Crippen LogP contribution in [0, 0.1) is 6.92 Å². The number of carbonyl (C=O) groups is 1. The molecule has 6 heteroatoms. The predicted octanol–water partition coefficient (Wildman–Crippen LogP) is 3.85. The van der Waals surface area contributed by atoms with E-state index < -0.39 is 0 Å². The number of rotatable bonds is 7. The molecule has 3 aromatic rings. The Hall–Kier alpha value is -2.96. The molecule has 1 aromatic carbocycles. The minimum atomic E-state index is -0.224. The van der Waals surface area contributed by atoms with Crippen molar-refractivity contribution in [1.29, 1.82) is 0 Å². The summed E-state index contributed by atoms with van der Waals surface area (Å²) in [5, 5.41) is 2.96. The number of carbonyl (C=O) groups excluding carboxylic acids is 1. The zero-order chi connectivity index (χ0) is 20.8. The minimum Gasteiger partial charge on any atom is -0.456 e. The second kappa shape index (κ2) is 9.69. The molecular weight excluding hydrogens is 378 g/mol. The number of aromatic nitrogens is 1. The van der Waals surface area contributed by atoms with Crippen molar-refractivity contribution in [3.8, 4) is 0 Å². The van der Waals surface area contributed by atoms with Crippen LogP contribution in [-0.2, 0) is 24.1 Å². The Kier molecular flexibility index (Phi) is 6.57. The number of nitrogens with zero attached hydrogens (tertiary/aromatic N) is 2. The summed E-state index contributed by atoms with van der Waals surface area (Å²) in [5.41, 5.74) is 4.25. The molecule has 0 atom stereocenters. The van der Waals surface area contributed by atoms with Gasteiger partial charge in [-0.1, -0.05) is 12.1 Å². The maximum atomic E-state index is 12.7. The highest BCUT2D eigenvalue weighted by molar-refractivity contribution is 6.02. The van der Waals surface area contributed by atoms with Gasteiger partial charge in [0.2, 0.25) is 0 Å². The van der Waals surface area contributed by atoms with Crippen LogP contribution in [0.2, 0.25) is 0 Å². The largest absolute Gasteiger partial charge is 0.456 e. The summed E-state index contributed by atoms with van der Waals surface area (Å²) in [5.74, 6) is 0.910. The third-order valence-electron chi connectivity index (χ3n) is 5.38. The van der Waals surface area contributed by atoms with Gasteiger partial charge in [-0.2, -0.15) is 0 Å². The van der Waals surface area contributed by atoms with Gasteiger partial charge in [-0.05, 0) is 61.2 Å². The number of ether oxygens (including phenoxy) is 1. The first kappa shape index (κ1) is 20.3. The molecule has 0 spiro atoms. The number of anilines is 1. The Balaban J connectivity index is 1.37. The van der Waals surface area contributed by atoms with Gasteiger partial charge in [0.05, 0.1) is 13.2 Å². The van der Waals surface area contributed by atoms with Gasteiger partial charge in [0.1, 0.15) is 5.76 Å². The molecule has 30 heavy (non-hydrogen) atoms. The number of amides is 1. The molecule has 156 valence electrons. The zero-order valence-electron chi connectivity index (χ0n) is 17.3. The van der Waals surface area contributed by atoms with Crippen LogP contribution in [0.25, 0.3) is 0 Å². The number of hydrogen-bond donors (Lipinski definition) is 1. The highest BCUT2D eigenvalue weighted by atomic mass is 16.5. The Morgan fingerprint density at radius 2 is 1.83 bits per heavy atom. The number of furan rings is 1. The fourth-order valence-electron chi connectivity index (χ4n) is 3.62. The van der Waals surface area contributed by atoms with Gasteiger partial charge < -0.3 is 14.5 Å². The van der Waals surface area contributed by atoms with E-state index in [2.05, 4.69) is 21.3 Å². The first-order valence-corrected chi connectivity index (χ1v) is 10.4. The van der Waals surface area contributed by atoms with Crippen molar-refractivity contribution in [3.63, 3.8) is 0 Å². The van der Waals surface area contributed by atoms with Gasteiger partial charge in [-0.25, -0.2) is 0 Å². The lowest BCUT2D eigenvalue weighted by Gasteiger charge is -2.26. The van der Waals surface area contributed by atoms with Gasteiger partial charge >= 0.3 is 0 Å². The summed E-state index contributed by atoms with van der Waals surface area (Å²) in [6.07, 6.45) is 5.45. The molecule has 1 N–H and O–H groups in total. The third kappa shape index (κ3) is 5.34. The standard InChI is InChI=1S/C24H27N3O3/c1-18-21(17-27-11-13-29-14-12-27)16-23(30-18)24(28)26-22-4-2-3-20(15-22)6-5-19-7-9-25-10-8-19/h2-4,7-10,15-16H,5-6,11-14,17H2,1H3,(H,26,28). The molecule has 1 aliphatic heterocycles. The van der Waals surface area contributed by atoms with Gasteiger partial charge in [0.15, 0.2) is 5.76 Å². The van der Waals surface area contributed by atoms with Gasteiger partial charge in [0, 0.05) is 43.3 Å². The first-order valence-electron chi connectivity index (χ1n) is 10.4. The van der Waals surface area contributed by atoms with Crippen molar-refractivity contribution in [2.24, 2.45) is 0 Å². The van der Waals surface area contributed by atoms with E-state index >= 15 is 0 Å². The molecule has 6 nitrogen and oxygen atoms in total. The number of hydrogen-bond acceptors (Lipinski definition) is 5. The molecule has 0 bridgehead atoms. The average molecular weight is 405 g/mol. The molecule has 1 aliphatic rings. The Morgan fingerprint density at radius 3 is 2.63 bits per heavy atom. The van der Waals surface area contributed by atoms with E-state index in [4.69, 9.17) is 9.15 Å². The summed E-state index contributed by atoms with van der Waals surface area (Å²) in [7, 11) is 0. The molecule has 1 fully saturated rings. The van der Waals surface area contributed by atoms with E-state index in [-0.39, 0.29) is 5.91 Å². The van der Waals surface area contributed by atoms with Crippen LogP contribution < -0.4 is 5.32 Å². The van der Waals surface area contributed by atoms with Crippen LogP contribution in [-0.4, -0.2) is 42.1 Å². The molecular formula is C24H27N3O3. The molecule has 0 unspecified atom stereocenters. The average Bonchev–Trinajstić information content (AvgIpc) is 3.14. The van der Waals surface area contributed by atoms with Crippen molar-refractivity contribution in [1.82, 2.24) is 9.88 Å². The number of pyridine rings is 1. The Morgan fingerprint density at radius 1 is 1.07 bits per heavy atom. The minimum absolute atomic E-state index is 0.224. The number of nitrogens with one attached hydrogen (secondary N) is 1. The Labute approximate surface area is 176 Å². The maximum absolute atomic E-state index is 12.7. The lowest BCUT2D eigenvalue weighted by Crippen LogP contribution is -2.35. The predicted molar refractivity (Wildman–Crippen MR) is 116 cm³/mol.